The van der Waals surface area contributed by atoms with Gasteiger partial charge in [0, 0.05) is 6.54 Å². The molecule has 1 N–H and O–H groups in total. The van der Waals surface area contributed by atoms with Crippen LogP contribution in [0, 0.1) is 11.3 Å². The van der Waals surface area contributed by atoms with E-state index in [4.69, 9.17) is 0 Å². The quantitative estimate of drug-likeness (QED) is 0.707. The van der Waals surface area contributed by atoms with Crippen molar-refractivity contribution >= 4 is 9.84 Å². The van der Waals surface area contributed by atoms with E-state index >= 15 is 0 Å². The molecule has 122 valence electrons. The Kier molecular flexibility index (Phi) is 7.75. The van der Waals surface area contributed by atoms with E-state index in [0.29, 0.717) is 5.92 Å². The smallest absolute Gasteiger partial charge is 0.155 e. The molecule has 0 saturated carbocycles. The van der Waals surface area contributed by atoms with Gasteiger partial charge in [0.1, 0.15) is 0 Å². The zero-order chi connectivity index (χ0) is 16.0. The fourth-order valence-electron chi connectivity index (χ4n) is 2.25. The first-order valence-electron chi connectivity index (χ1n) is 7.86. The van der Waals surface area contributed by atoms with Crippen LogP contribution in [0.2, 0.25) is 0 Å². The van der Waals surface area contributed by atoms with Crippen molar-refractivity contribution in [2.45, 2.75) is 72.5 Å². The molecule has 0 saturated heterocycles. The monoisotopic (exact) mass is 305 g/mol. The van der Waals surface area contributed by atoms with Crippen LogP contribution in [0.15, 0.2) is 0 Å². The summed E-state index contributed by atoms with van der Waals surface area (Å²) in [5.41, 5.74) is 0.0714. The number of hydrogen-bond donors (Lipinski definition) is 1. The molecule has 0 spiro atoms. The molecule has 0 amide bonds. The Balaban J connectivity index is 4.61. The highest BCUT2D eigenvalue weighted by molar-refractivity contribution is 7.92. The fraction of sp³-hybridized carbons (Fsp3) is 1.00. The van der Waals surface area contributed by atoms with Gasteiger partial charge in [0.05, 0.1) is 10.5 Å². The van der Waals surface area contributed by atoms with Crippen LogP contribution in [0.5, 0.6) is 0 Å². The molecule has 0 aliphatic carbocycles. The Morgan fingerprint density at radius 2 is 1.60 bits per heavy atom. The Morgan fingerprint density at radius 1 is 1.05 bits per heavy atom. The van der Waals surface area contributed by atoms with Gasteiger partial charge in [-0.05, 0) is 51.5 Å². The average Bonchev–Trinajstić information content (AvgIpc) is 2.25. The first kappa shape index (κ1) is 19.9. The van der Waals surface area contributed by atoms with Gasteiger partial charge in [-0.1, -0.05) is 34.1 Å². The van der Waals surface area contributed by atoms with E-state index < -0.39 is 14.6 Å². The van der Waals surface area contributed by atoms with Crippen LogP contribution in [0.3, 0.4) is 0 Å². The molecule has 0 aromatic carbocycles. The minimum absolute atomic E-state index is 0.0714. The predicted octanol–water partition coefficient (Wildman–Crippen LogP) is 3.64. The molecule has 0 aliphatic heterocycles. The van der Waals surface area contributed by atoms with Gasteiger partial charge in [-0.15, -0.1) is 0 Å². The number of hydrogen-bond acceptors (Lipinski definition) is 3. The van der Waals surface area contributed by atoms with Crippen molar-refractivity contribution in [1.82, 2.24) is 5.32 Å². The molecular weight excluding hydrogens is 270 g/mol. The van der Waals surface area contributed by atoms with E-state index in [0.717, 1.165) is 32.4 Å². The number of rotatable bonds is 9. The van der Waals surface area contributed by atoms with Gasteiger partial charge in [-0.3, -0.25) is 0 Å². The molecule has 0 aromatic heterocycles. The third-order valence-corrected chi connectivity index (χ3v) is 6.47. The summed E-state index contributed by atoms with van der Waals surface area (Å²) in [6.45, 7) is 16.0. The van der Waals surface area contributed by atoms with Crippen LogP contribution in [0.4, 0.5) is 0 Å². The van der Waals surface area contributed by atoms with E-state index in [1.54, 1.807) is 20.8 Å². The molecule has 0 fully saturated rings. The van der Waals surface area contributed by atoms with Crippen molar-refractivity contribution < 1.29 is 8.42 Å². The molecule has 1 atom stereocenters. The summed E-state index contributed by atoms with van der Waals surface area (Å²) in [6.07, 6.45) is 2.90. The number of sulfone groups is 1. The van der Waals surface area contributed by atoms with E-state index in [2.05, 4.69) is 33.0 Å². The zero-order valence-corrected chi connectivity index (χ0v) is 15.4. The van der Waals surface area contributed by atoms with E-state index in [1.165, 1.54) is 0 Å². The Bertz CT molecular complexity index is 368. The van der Waals surface area contributed by atoms with Crippen molar-refractivity contribution in [3.05, 3.63) is 0 Å². The van der Waals surface area contributed by atoms with E-state index in [9.17, 15) is 8.42 Å². The zero-order valence-electron chi connectivity index (χ0n) is 14.5. The summed E-state index contributed by atoms with van der Waals surface area (Å²) in [7, 11) is -3.02. The lowest BCUT2D eigenvalue weighted by Gasteiger charge is -2.31. The summed E-state index contributed by atoms with van der Waals surface area (Å²) in [5, 5.41) is 3.49. The van der Waals surface area contributed by atoms with Gasteiger partial charge < -0.3 is 5.32 Å². The highest BCUT2D eigenvalue weighted by Gasteiger charge is 2.32. The molecule has 0 aromatic rings. The molecule has 0 bridgehead atoms. The van der Waals surface area contributed by atoms with Crippen LogP contribution in [-0.2, 0) is 9.84 Å². The summed E-state index contributed by atoms with van der Waals surface area (Å²) in [5.74, 6) is 0.912. The second-order valence-electron chi connectivity index (χ2n) is 7.77. The van der Waals surface area contributed by atoms with Gasteiger partial charge in [0.15, 0.2) is 9.84 Å². The highest BCUT2D eigenvalue weighted by atomic mass is 32.2. The largest absolute Gasteiger partial charge is 0.316 e. The van der Waals surface area contributed by atoms with E-state index in [1.807, 2.05) is 0 Å². The first-order chi connectivity index (χ1) is 8.93. The lowest BCUT2D eigenvalue weighted by Crippen LogP contribution is -2.37. The maximum atomic E-state index is 12.3. The SMILES string of the molecule is CCCC(C)(CCS(=O)(=O)C(C)(C)C)CNCC(C)C. The van der Waals surface area contributed by atoms with Crippen molar-refractivity contribution in [3.8, 4) is 0 Å². The molecular formula is C16H35NO2S. The fourth-order valence-corrected chi connectivity index (χ4v) is 3.63. The molecule has 0 radical (unpaired) electrons. The highest BCUT2D eigenvalue weighted by Crippen LogP contribution is 2.29. The topological polar surface area (TPSA) is 46.2 Å². The van der Waals surface area contributed by atoms with Crippen molar-refractivity contribution in [1.29, 1.82) is 0 Å². The lowest BCUT2D eigenvalue weighted by atomic mass is 9.83. The summed E-state index contributed by atoms with van der Waals surface area (Å²) >= 11 is 0. The maximum absolute atomic E-state index is 12.3. The molecule has 20 heavy (non-hydrogen) atoms. The van der Waals surface area contributed by atoms with Gasteiger partial charge in [-0.25, -0.2) is 8.42 Å². The van der Waals surface area contributed by atoms with Crippen LogP contribution >= 0.6 is 0 Å². The lowest BCUT2D eigenvalue weighted by molar-refractivity contribution is 0.263. The molecule has 3 nitrogen and oxygen atoms in total. The van der Waals surface area contributed by atoms with Crippen LogP contribution in [-0.4, -0.2) is 32.0 Å². The number of nitrogens with one attached hydrogen (secondary N) is 1. The second-order valence-corrected chi connectivity index (χ2v) is 10.6. The third kappa shape index (κ3) is 7.07. The summed E-state index contributed by atoms with van der Waals surface area (Å²) < 4.78 is 23.9. The predicted molar refractivity (Wildman–Crippen MR) is 88.9 cm³/mol. The Hall–Kier alpha value is -0.0900. The summed E-state index contributed by atoms with van der Waals surface area (Å²) in [4.78, 5) is 0. The first-order valence-corrected chi connectivity index (χ1v) is 9.52. The summed E-state index contributed by atoms with van der Waals surface area (Å²) in [6, 6.07) is 0. The molecule has 0 rings (SSSR count). The van der Waals surface area contributed by atoms with Gasteiger partial charge in [-0.2, -0.15) is 0 Å². The molecule has 4 heteroatoms. The van der Waals surface area contributed by atoms with Crippen LogP contribution < -0.4 is 5.32 Å². The minimum Gasteiger partial charge on any atom is -0.316 e. The van der Waals surface area contributed by atoms with Crippen LogP contribution in [0.25, 0.3) is 0 Å². The van der Waals surface area contributed by atoms with Gasteiger partial charge in [0.25, 0.3) is 0 Å². The Labute approximate surface area is 126 Å². The van der Waals surface area contributed by atoms with Crippen molar-refractivity contribution in [2.24, 2.45) is 11.3 Å². The van der Waals surface area contributed by atoms with Gasteiger partial charge in [0.2, 0.25) is 0 Å². The van der Waals surface area contributed by atoms with Crippen LogP contribution in [0.1, 0.15) is 67.7 Å². The van der Waals surface area contributed by atoms with Gasteiger partial charge >= 0.3 is 0 Å². The maximum Gasteiger partial charge on any atom is 0.155 e. The Morgan fingerprint density at radius 3 is 2.00 bits per heavy atom. The average molecular weight is 306 g/mol. The minimum atomic E-state index is -3.02. The van der Waals surface area contributed by atoms with Crippen molar-refractivity contribution in [3.63, 3.8) is 0 Å². The molecule has 0 heterocycles. The second kappa shape index (κ2) is 7.79. The molecule has 0 aliphatic rings. The van der Waals surface area contributed by atoms with Crippen molar-refractivity contribution in [2.75, 3.05) is 18.8 Å². The standard InChI is InChI=1S/C16H35NO2S/c1-8-9-16(7,13-17-12-14(2)3)10-11-20(18,19)15(4,5)6/h14,17H,8-13H2,1-7H3. The third-order valence-electron chi connectivity index (χ3n) is 3.87. The normalized spacial score (nSPS) is 16.4. The van der Waals surface area contributed by atoms with E-state index in [-0.39, 0.29) is 11.2 Å². The molecule has 1 unspecified atom stereocenters.